The van der Waals surface area contributed by atoms with Gasteiger partial charge in [-0.25, -0.2) is 0 Å². The molecule has 28 heavy (non-hydrogen) atoms. The molecule has 2 heterocycles. The number of benzene rings is 1. The number of morpholine rings is 1. The van der Waals surface area contributed by atoms with Gasteiger partial charge in [0, 0.05) is 38.6 Å². The molecule has 6 heteroatoms. The Hall–Kier alpha value is -1.63. The third-order valence-electron chi connectivity index (χ3n) is 6.11. The van der Waals surface area contributed by atoms with Gasteiger partial charge in [-0.1, -0.05) is 12.1 Å². The lowest BCUT2D eigenvalue weighted by molar-refractivity contribution is -0.141. The van der Waals surface area contributed by atoms with Gasteiger partial charge in [0.1, 0.15) is 5.75 Å². The number of nitrogens with zero attached hydrogens (tertiary/aromatic N) is 2. The number of esters is 1. The molecular formula is C22H34N2O4. The molecule has 156 valence electrons. The molecule has 0 saturated carbocycles. The van der Waals surface area contributed by atoms with E-state index in [9.17, 15) is 4.79 Å². The van der Waals surface area contributed by atoms with Gasteiger partial charge < -0.3 is 14.2 Å². The first-order chi connectivity index (χ1) is 13.6. The average Bonchev–Trinajstić information content (AvgIpc) is 2.73. The van der Waals surface area contributed by atoms with Crippen molar-refractivity contribution in [2.45, 2.75) is 38.8 Å². The minimum Gasteiger partial charge on any atom is -0.496 e. The van der Waals surface area contributed by atoms with E-state index in [1.165, 1.54) is 18.2 Å². The monoisotopic (exact) mass is 390 g/mol. The fraction of sp³-hybridized carbons (Fsp3) is 0.682. The lowest BCUT2D eigenvalue weighted by Crippen LogP contribution is -2.53. The quantitative estimate of drug-likeness (QED) is 0.667. The fourth-order valence-corrected chi connectivity index (χ4v) is 4.61. The number of carbonyl (C=O) groups excluding carboxylic acids is 1. The van der Waals surface area contributed by atoms with Crippen LogP contribution in [0.4, 0.5) is 0 Å². The van der Waals surface area contributed by atoms with Crippen molar-refractivity contribution >= 4 is 5.97 Å². The number of likely N-dealkylation sites (tertiary alicyclic amines) is 1. The fourth-order valence-electron chi connectivity index (χ4n) is 4.61. The number of rotatable bonds is 7. The van der Waals surface area contributed by atoms with Crippen LogP contribution in [0.15, 0.2) is 18.2 Å². The summed E-state index contributed by atoms with van der Waals surface area (Å²) in [6, 6.07) is 6.96. The summed E-state index contributed by atoms with van der Waals surface area (Å²) in [5.41, 5.74) is 2.49. The van der Waals surface area contributed by atoms with Crippen LogP contribution in [0.1, 0.15) is 30.4 Å². The molecule has 0 bridgehead atoms. The second-order valence-corrected chi connectivity index (χ2v) is 7.92. The van der Waals surface area contributed by atoms with Crippen molar-refractivity contribution in [3.05, 3.63) is 29.3 Å². The van der Waals surface area contributed by atoms with E-state index in [0.29, 0.717) is 18.4 Å². The maximum Gasteiger partial charge on any atom is 0.305 e. The standard InChI is InChI=1S/C22H34N2O4/c1-17-14-18(4-6-21(17)26-2)15-23-9-8-20(24-10-12-28-13-11-24)19(16-23)5-7-22(25)27-3/h4,6,14,19-20H,5,7-13,15-16H2,1-3H3/t19-,20+/m0/s1. The zero-order valence-electron chi connectivity index (χ0n) is 17.5. The number of methoxy groups -OCH3 is 2. The molecule has 2 saturated heterocycles. The van der Waals surface area contributed by atoms with Crippen molar-refractivity contribution < 1.29 is 19.0 Å². The van der Waals surface area contributed by atoms with Crippen LogP contribution >= 0.6 is 0 Å². The van der Waals surface area contributed by atoms with Crippen LogP contribution in [-0.4, -0.2) is 75.4 Å². The van der Waals surface area contributed by atoms with Crippen molar-refractivity contribution in [1.29, 1.82) is 0 Å². The Morgan fingerprint density at radius 3 is 2.68 bits per heavy atom. The number of hydrogen-bond acceptors (Lipinski definition) is 6. The van der Waals surface area contributed by atoms with Crippen LogP contribution < -0.4 is 4.74 Å². The normalized spacial score (nSPS) is 24.1. The summed E-state index contributed by atoms with van der Waals surface area (Å²) in [7, 11) is 3.19. The van der Waals surface area contributed by atoms with Crippen molar-refractivity contribution in [1.82, 2.24) is 9.80 Å². The summed E-state index contributed by atoms with van der Waals surface area (Å²) in [6.07, 6.45) is 2.52. The third kappa shape index (κ3) is 5.46. The van der Waals surface area contributed by atoms with Gasteiger partial charge in [0.05, 0.1) is 27.4 Å². The average molecular weight is 391 g/mol. The van der Waals surface area contributed by atoms with Gasteiger partial charge in [0.25, 0.3) is 0 Å². The Kier molecular flexibility index (Phi) is 7.71. The third-order valence-corrected chi connectivity index (χ3v) is 6.11. The van der Waals surface area contributed by atoms with Crippen LogP contribution in [0.2, 0.25) is 0 Å². The van der Waals surface area contributed by atoms with Crippen LogP contribution in [0.3, 0.4) is 0 Å². The molecule has 2 aliphatic heterocycles. The predicted octanol–water partition coefficient (Wildman–Crippen LogP) is 2.48. The Morgan fingerprint density at radius 1 is 1.21 bits per heavy atom. The summed E-state index contributed by atoms with van der Waals surface area (Å²) in [5, 5.41) is 0. The summed E-state index contributed by atoms with van der Waals surface area (Å²) in [6.45, 7) is 8.76. The number of piperidine rings is 1. The molecule has 0 N–H and O–H groups in total. The van der Waals surface area contributed by atoms with Gasteiger partial charge in [0.15, 0.2) is 0 Å². The van der Waals surface area contributed by atoms with Crippen molar-refractivity contribution in [2.75, 3.05) is 53.6 Å². The Balaban J connectivity index is 1.64. The first kappa shape index (κ1) is 21.1. The van der Waals surface area contributed by atoms with Crippen LogP contribution in [-0.2, 0) is 20.8 Å². The van der Waals surface area contributed by atoms with Gasteiger partial charge in [0.2, 0.25) is 0 Å². The molecule has 0 unspecified atom stereocenters. The molecule has 0 amide bonds. The zero-order chi connectivity index (χ0) is 19.9. The molecule has 0 aliphatic carbocycles. The van der Waals surface area contributed by atoms with E-state index in [-0.39, 0.29) is 5.97 Å². The smallest absolute Gasteiger partial charge is 0.305 e. The molecule has 0 radical (unpaired) electrons. The zero-order valence-corrected chi connectivity index (χ0v) is 17.5. The number of ether oxygens (including phenoxy) is 3. The first-order valence-electron chi connectivity index (χ1n) is 10.3. The molecule has 3 rings (SSSR count). The Labute approximate surface area is 168 Å². The van der Waals surface area contributed by atoms with Gasteiger partial charge in [-0.05, 0) is 49.4 Å². The maximum atomic E-state index is 11.7. The largest absolute Gasteiger partial charge is 0.496 e. The lowest BCUT2D eigenvalue weighted by atomic mass is 9.86. The minimum atomic E-state index is -0.108. The number of hydrogen-bond donors (Lipinski definition) is 0. The van der Waals surface area contributed by atoms with E-state index >= 15 is 0 Å². The highest BCUT2D eigenvalue weighted by Gasteiger charge is 2.34. The summed E-state index contributed by atoms with van der Waals surface area (Å²) in [4.78, 5) is 16.8. The highest BCUT2D eigenvalue weighted by molar-refractivity contribution is 5.69. The van der Waals surface area contributed by atoms with Crippen LogP contribution in [0, 0.1) is 12.8 Å². The van der Waals surface area contributed by atoms with Gasteiger partial charge in [-0.2, -0.15) is 0 Å². The second kappa shape index (κ2) is 10.2. The van der Waals surface area contributed by atoms with Gasteiger partial charge >= 0.3 is 5.97 Å². The maximum absolute atomic E-state index is 11.7. The molecular weight excluding hydrogens is 356 g/mol. The Morgan fingerprint density at radius 2 is 2.00 bits per heavy atom. The predicted molar refractivity (Wildman–Crippen MR) is 109 cm³/mol. The van der Waals surface area contributed by atoms with E-state index in [0.717, 1.165) is 64.5 Å². The van der Waals surface area contributed by atoms with Crippen molar-refractivity contribution in [2.24, 2.45) is 5.92 Å². The van der Waals surface area contributed by atoms with E-state index in [2.05, 4.69) is 34.9 Å². The number of aryl methyl sites for hydroxylation is 1. The Bertz CT molecular complexity index is 645. The second-order valence-electron chi connectivity index (χ2n) is 7.92. The van der Waals surface area contributed by atoms with Gasteiger partial charge in [-0.15, -0.1) is 0 Å². The van der Waals surface area contributed by atoms with Crippen LogP contribution in [0.5, 0.6) is 5.75 Å². The lowest BCUT2D eigenvalue weighted by Gasteiger charge is -2.45. The molecule has 0 aromatic heterocycles. The molecule has 2 aliphatic rings. The van der Waals surface area contributed by atoms with Gasteiger partial charge in [-0.3, -0.25) is 14.6 Å². The summed E-state index contributed by atoms with van der Waals surface area (Å²) >= 11 is 0. The van der Waals surface area contributed by atoms with E-state index < -0.39 is 0 Å². The molecule has 6 nitrogen and oxygen atoms in total. The first-order valence-corrected chi connectivity index (χ1v) is 10.3. The van der Waals surface area contributed by atoms with Crippen LogP contribution in [0.25, 0.3) is 0 Å². The summed E-state index contributed by atoms with van der Waals surface area (Å²) < 4.78 is 15.8. The molecule has 1 aromatic carbocycles. The minimum absolute atomic E-state index is 0.108. The van der Waals surface area contributed by atoms with E-state index in [4.69, 9.17) is 14.2 Å². The highest BCUT2D eigenvalue weighted by Crippen LogP contribution is 2.28. The highest BCUT2D eigenvalue weighted by atomic mass is 16.5. The molecule has 2 fully saturated rings. The van der Waals surface area contributed by atoms with E-state index in [1.807, 2.05) is 0 Å². The molecule has 2 atom stereocenters. The van der Waals surface area contributed by atoms with E-state index in [1.54, 1.807) is 7.11 Å². The van der Waals surface area contributed by atoms with Crippen molar-refractivity contribution in [3.63, 3.8) is 0 Å². The topological polar surface area (TPSA) is 51.2 Å². The molecule has 1 aromatic rings. The number of carbonyl (C=O) groups is 1. The SMILES string of the molecule is COC(=O)CC[C@H]1CN(Cc2ccc(OC)c(C)c2)CC[C@H]1N1CCOCC1. The van der Waals surface area contributed by atoms with Crippen molar-refractivity contribution in [3.8, 4) is 5.75 Å². The summed E-state index contributed by atoms with van der Waals surface area (Å²) in [5.74, 6) is 1.31. The molecule has 0 spiro atoms.